The lowest BCUT2D eigenvalue weighted by molar-refractivity contribution is 0.102. The number of amides is 1. The summed E-state index contributed by atoms with van der Waals surface area (Å²) < 4.78 is 1.48. The van der Waals surface area contributed by atoms with E-state index in [1.54, 1.807) is 6.07 Å². The molecule has 0 fully saturated rings. The molecule has 2 aromatic carbocycles. The number of rotatable bonds is 7. The van der Waals surface area contributed by atoms with Crippen molar-refractivity contribution in [3.63, 3.8) is 0 Å². The van der Waals surface area contributed by atoms with E-state index in [9.17, 15) is 4.79 Å². The first kappa shape index (κ1) is 16.8. The molecule has 1 aromatic heterocycles. The first-order chi connectivity index (χ1) is 12.3. The Kier molecular flexibility index (Phi) is 5.51. The minimum atomic E-state index is -0.190. The quantitative estimate of drug-likeness (QED) is 0.669. The van der Waals surface area contributed by atoms with Crippen LogP contribution in [-0.4, -0.2) is 26.1 Å². The van der Waals surface area contributed by atoms with Crippen LogP contribution in [0, 0.1) is 0 Å². The number of carbonyl (C=O) groups is 1. The zero-order valence-electron chi connectivity index (χ0n) is 14.2. The molecule has 0 aliphatic carbocycles. The highest BCUT2D eigenvalue weighted by molar-refractivity contribution is 6.06. The standard InChI is InChI=1S/C19H21N5O/c1-2-3-4-7-15-10-12-16(13-11-15)21-19(25)17-8-5-6-9-18(17)24-14-20-22-23-24/h5-6,8-14H,2-4,7H2,1H3,(H,21,25). The molecule has 3 rings (SSSR count). The van der Waals surface area contributed by atoms with Gasteiger partial charge in [-0.15, -0.1) is 5.10 Å². The van der Waals surface area contributed by atoms with E-state index in [0.29, 0.717) is 11.3 Å². The van der Waals surface area contributed by atoms with Crippen LogP contribution in [-0.2, 0) is 6.42 Å². The number of benzene rings is 2. The number of para-hydroxylation sites is 1. The van der Waals surface area contributed by atoms with Gasteiger partial charge in [-0.2, -0.15) is 4.68 Å². The van der Waals surface area contributed by atoms with Crippen LogP contribution in [0.1, 0.15) is 42.1 Å². The second-order valence-electron chi connectivity index (χ2n) is 5.88. The molecule has 0 aliphatic rings. The summed E-state index contributed by atoms with van der Waals surface area (Å²) in [6, 6.07) is 15.3. The van der Waals surface area contributed by atoms with Gasteiger partial charge in [-0.05, 0) is 53.1 Å². The Balaban J connectivity index is 1.71. The molecule has 0 saturated heterocycles. The van der Waals surface area contributed by atoms with E-state index >= 15 is 0 Å². The minimum Gasteiger partial charge on any atom is -0.322 e. The number of hydrogen-bond donors (Lipinski definition) is 1. The van der Waals surface area contributed by atoms with E-state index in [-0.39, 0.29) is 5.91 Å². The van der Waals surface area contributed by atoms with Gasteiger partial charge < -0.3 is 5.32 Å². The lowest BCUT2D eigenvalue weighted by Crippen LogP contribution is -2.15. The first-order valence-corrected chi connectivity index (χ1v) is 8.50. The molecule has 0 bridgehead atoms. The van der Waals surface area contributed by atoms with Gasteiger partial charge in [-0.1, -0.05) is 44.0 Å². The molecule has 0 radical (unpaired) electrons. The van der Waals surface area contributed by atoms with Gasteiger partial charge in [0.15, 0.2) is 0 Å². The first-order valence-electron chi connectivity index (χ1n) is 8.50. The lowest BCUT2D eigenvalue weighted by atomic mass is 10.1. The summed E-state index contributed by atoms with van der Waals surface area (Å²) in [7, 11) is 0. The highest BCUT2D eigenvalue weighted by atomic mass is 16.1. The van der Waals surface area contributed by atoms with E-state index in [2.05, 4.69) is 39.9 Å². The number of nitrogens with one attached hydrogen (secondary N) is 1. The summed E-state index contributed by atoms with van der Waals surface area (Å²) in [5, 5.41) is 14.0. The van der Waals surface area contributed by atoms with Gasteiger partial charge in [0.1, 0.15) is 6.33 Å². The van der Waals surface area contributed by atoms with E-state index in [1.165, 1.54) is 35.8 Å². The predicted molar refractivity (Wildman–Crippen MR) is 96.8 cm³/mol. The number of nitrogens with zero attached hydrogens (tertiary/aromatic N) is 4. The Labute approximate surface area is 146 Å². The Morgan fingerprint density at radius 1 is 1.08 bits per heavy atom. The number of aryl methyl sites for hydroxylation is 1. The van der Waals surface area contributed by atoms with Gasteiger partial charge in [0.05, 0.1) is 11.3 Å². The van der Waals surface area contributed by atoms with Crippen LogP contribution in [0.4, 0.5) is 5.69 Å². The Morgan fingerprint density at radius 2 is 1.88 bits per heavy atom. The maximum atomic E-state index is 12.6. The molecular weight excluding hydrogens is 314 g/mol. The monoisotopic (exact) mass is 335 g/mol. The number of carbonyl (C=O) groups excluding carboxylic acids is 1. The summed E-state index contributed by atoms with van der Waals surface area (Å²) in [6.45, 7) is 2.20. The Bertz CT molecular complexity index is 812. The highest BCUT2D eigenvalue weighted by Crippen LogP contribution is 2.17. The zero-order valence-corrected chi connectivity index (χ0v) is 14.2. The van der Waals surface area contributed by atoms with Crippen LogP contribution < -0.4 is 5.32 Å². The predicted octanol–water partition coefficient (Wildman–Crippen LogP) is 3.65. The fraction of sp³-hybridized carbons (Fsp3) is 0.263. The maximum Gasteiger partial charge on any atom is 0.257 e. The largest absolute Gasteiger partial charge is 0.322 e. The topological polar surface area (TPSA) is 72.7 Å². The summed E-state index contributed by atoms with van der Waals surface area (Å²) in [5.41, 5.74) is 3.22. The minimum absolute atomic E-state index is 0.190. The third kappa shape index (κ3) is 4.29. The van der Waals surface area contributed by atoms with Crippen molar-refractivity contribution in [2.75, 3.05) is 5.32 Å². The van der Waals surface area contributed by atoms with E-state index in [0.717, 1.165) is 12.1 Å². The van der Waals surface area contributed by atoms with Crippen molar-refractivity contribution >= 4 is 11.6 Å². The second kappa shape index (κ2) is 8.19. The van der Waals surface area contributed by atoms with Crippen LogP contribution in [0.25, 0.3) is 5.69 Å². The summed E-state index contributed by atoms with van der Waals surface area (Å²) in [4.78, 5) is 12.6. The molecule has 1 heterocycles. The molecule has 0 saturated carbocycles. The molecule has 6 nitrogen and oxygen atoms in total. The van der Waals surface area contributed by atoms with Crippen molar-refractivity contribution in [3.05, 3.63) is 66.0 Å². The highest BCUT2D eigenvalue weighted by Gasteiger charge is 2.13. The normalized spacial score (nSPS) is 10.6. The average Bonchev–Trinajstić information content (AvgIpc) is 3.18. The van der Waals surface area contributed by atoms with Crippen LogP contribution in [0.15, 0.2) is 54.9 Å². The number of anilines is 1. The Hall–Kier alpha value is -3.02. The SMILES string of the molecule is CCCCCc1ccc(NC(=O)c2ccccc2-n2cnnn2)cc1. The number of aromatic nitrogens is 4. The van der Waals surface area contributed by atoms with Gasteiger partial charge in [0.2, 0.25) is 0 Å². The molecule has 0 unspecified atom stereocenters. The fourth-order valence-electron chi connectivity index (χ4n) is 2.67. The van der Waals surface area contributed by atoms with E-state index in [1.807, 2.05) is 30.3 Å². The van der Waals surface area contributed by atoms with Crippen LogP contribution >= 0.6 is 0 Å². The van der Waals surface area contributed by atoms with Gasteiger partial charge in [0.25, 0.3) is 5.91 Å². The summed E-state index contributed by atoms with van der Waals surface area (Å²) in [6.07, 6.45) is 6.20. The van der Waals surface area contributed by atoms with Crippen LogP contribution in [0.2, 0.25) is 0 Å². The van der Waals surface area contributed by atoms with Crippen molar-refractivity contribution < 1.29 is 4.79 Å². The lowest BCUT2D eigenvalue weighted by Gasteiger charge is -2.10. The molecule has 0 aliphatic heterocycles. The molecule has 1 N–H and O–H groups in total. The summed E-state index contributed by atoms with van der Waals surface area (Å²) >= 11 is 0. The molecule has 0 spiro atoms. The number of unbranched alkanes of at least 4 members (excludes halogenated alkanes) is 2. The van der Waals surface area contributed by atoms with Crippen LogP contribution in [0.5, 0.6) is 0 Å². The van der Waals surface area contributed by atoms with Gasteiger partial charge in [-0.25, -0.2) is 0 Å². The second-order valence-corrected chi connectivity index (χ2v) is 5.88. The fourth-order valence-corrected chi connectivity index (χ4v) is 2.67. The van der Waals surface area contributed by atoms with Crippen molar-refractivity contribution in [2.45, 2.75) is 32.6 Å². The number of tetrazole rings is 1. The van der Waals surface area contributed by atoms with Crippen LogP contribution in [0.3, 0.4) is 0 Å². The number of hydrogen-bond acceptors (Lipinski definition) is 4. The van der Waals surface area contributed by atoms with E-state index < -0.39 is 0 Å². The van der Waals surface area contributed by atoms with Crippen molar-refractivity contribution in [1.29, 1.82) is 0 Å². The molecule has 3 aromatic rings. The molecular formula is C19H21N5O. The maximum absolute atomic E-state index is 12.6. The van der Waals surface area contributed by atoms with Gasteiger partial charge in [0, 0.05) is 5.69 Å². The molecule has 25 heavy (non-hydrogen) atoms. The van der Waals surface area contributed by atoms with Gasteiger partial charge >= 0.3 is 0 Å². The summed E-state index contributed by atoms with van der Waals surface area (Å²) in [5.74, 6) is -0.190. The average molecular weight is 335 g/mol. The van der Waals surface area contributed by atoms with Crippen molar-refractivity contribution in [2.24, 2.45) is 0 Å². The van der Waals surface area contributed by atoms with Crippen molar-refractivity contribution in [1.82, 2.24) is 20.2 Å². The Morgan fingerprint density at radius 3 is 2.60 bits per heavy atom. The van der Waals surface area contributed by atoms with Crippen molar-refractivity contribution in [3.8, 4) is 5.69 Å². The zero-order chi connectivity index (χ0) is 17.5. The molecule has 128 valence electrons. The third-order valence-corrected chi connectivity index (χ3v) is 4.03. The molecule has 1 amide bonds. The third-order valence-electron chi connectivity index (χ3n) is 4.03. The smallest absolute Gasteiger partial charge is 0.257 e. The van der Waals surface area contributed by atoms with E-state index in [4.69, 9.17) is 0 Å². The molecule has 0 atom stereocenters. The van der Waals surface area contributed by atoms with Gasteiger partial charge in [-0.3, -0.25) is 4.79 Å². The molecule has 6 heteroatoms.